The van der Waals surface area contributed by atoms with Crippen LogP contribution < -0.4 is 10.1 Å². The predicted molar refractivity (Wildman–Crippen MR) is 112 cm³/mol. The van der Waals surface area contributed by atoms with Gasteiger partial charge in [0.15, 0.2) is 17.6 Å². The van der Waals surface area contributed by atoms with Crippen LogP contribution >= 0.6 is 24.0 Å². The van der Waals surface area contributed by atoms with Crippen molar-refractivity contribution in [2.24, 2.45) is 4.99 Å². The van der Waals surface area contributed by atoms with Crippen LogP contribution in [0.4, 0.5) is 8.78 Å². The van der Waals surface area contributed by atoms with Gasteiger partial charge >= 0.3 is 0 Å². The minimum Gasteiger partial charge on any atom is -0.492 e. The van der Waals surface area contributed by atoms with Crippen molar-refractivity contribution in [3.63, 3.8) is 0 Å². The van der Waals surface area contributed by atoms with Crippen LogP contribution in [0.15, 0.2) is 23.2 Å². The average molecular weight is 482 g/mol. The van der Waals surface area contributed by atoms with Crippen LogP contribution in [0.5, 0.6) is 5.75 Å². The van der Waals surface area contributed by atoms with E-state index in [2.05, 4.69) is 34.0 Å². The highest BCUT2D eigenvalue weighted by Gasteiger charge is 2.27. The Bertz CT molecular complexity index is 584. The highest BCUT2D eigenvalue weighted by Crippen LogP contribution is 2.16. The molecule has 0 radical (unpaired) electrons. The van der Waals surface area contributed by atoms with E-state index in [-0.39, 0.29) is 24.0 Å². The third-order valence-electron chi connectivity index (χ3n) is 4.55. The van der Waals surface area contributed by atoms with Crippen molar-refractivity contribution in [3.8, 4) is 5.75 Å². The fraction of sp³-hybridized carbons (Fsp3) is 0.611. The Morgan fingerprint density at radius 1 is 1.31 bits per heavy atom. The Balaban J connectivity index is 0.00000338. The molecule has 0 saturated carbocycles. The molecule has 5 nitrogen and oxygen atoms in total. The molecule has 0 aliphatic carbocycles. The summed E-state index contributed by atoms with van der Waals surface area (Å²) in [5, 5.41) is 3.27. The lowest BCUT2D eigenvalue weighted by molar-refractivity contribution is 0.223. The number of halogens is 3. The quantitative estimate of drug-likeness (QED) is 0.281. The number of likely N-dealkylation sites (tertiary alicyclic amines) is 1. The van der Waals surface area contributed by atoms with E-state index in [0.717, 1.165) is 50.7 Å². The highest BCUT2D eigenvalue weighted by molar-refractivity contribution is 14.0. The van der Waals surface area contributed by atoms with Crippen LogP contribution in [-0.2, 0) is 0 Å². The first-order valence-corrected chi connectivity index (χ1v) is 8.86. The van der Waals surface area contributed by atoms with E-state index in [4.69, 9.17) is 4.74 Å². The first-order valence-electron chi connectivity index (χ1n) is 8.86. The molecule has 1 atom stereocenters. The number of aliphatic imine (C=N–C) groups is 1. The molecule has 1 aliphatic heterocycles. The maximum Gasteiger partial charge on any atom is 0.193 e. The summed E-state index contributed by atoms with van der Waals surface area (Å²) in [5.41, 5.74) is 0. The zero-order valence-corrected chi connectivity index (χ0v) is 18.0. The maximum absolute atomic E-state index is 13.1. The molecule has 1 heterocycles. The third kappa shape index (κ3) is 6.22. The van der Waals surface area contributed by atoms with Crippen molar-refractivity contribution in [1.29, 1.82) is 0 Å². The summed E-state index contributed by atoms with van der Waals surface area (Å²) in [5.74, 6) is -0.606. The Kier molecular flexibility index (Phi) is 10.1. The van der Waals surface area contributed by atoms with Gasteiger partial charge < -0.3 is 15.0 Å². The van der Waals surface area contributed by atoms with Crippen LogP contribution in [0.3, 0.4) is 0 Å². The normalized spacial score (nSPS) is 17.4. The van der Waals surface area contributed by atoms with Crippen molar-refractivity contribution in [2.45, 2.75) is 26.3 Å². The summed E-state index contributed by atoms with van der Waals surface area (Å²) < 4.78 is 31.5. The summed E-state index contributed by atoms with van der Waals surface area (Å²) in [6.45, 7) is 9.32. The Morgan fingerprint density at radius 2 is 2.04 bits per heavy atom. The van der Waals surface area contributed by atoms with Crippen LogP contribution in [0.1, 0.15) is 20.3 Å². The average Bonchev–Trinajstić information content (AvgIpc) is 3.09. The lowest BCUT2D eigenvalue weighted by Gasteiger charge is -2.27. The molecule has 0 amide bonds. The number of hydrogen-bond donors (Lipinski definition) is 1. The molecule has 26 heavy (non-hydrogen) atoms. The minimum atomic E-state index is -0.902. The standard InChI is InChI=1S/C18H28F2N4O.HI/c1-4-23(5-2)14-8-10-24(13-14)18(21-3)22-9-11-25-15-6-7-16(19)17(20)12-15;/h6-7,12,14H,4-5,8-11,13H2,1-3H3,(H,21,22);1H. The van der Waals surface area contributed by atoms with E-state index in [0.29, 0.717) is 24.9 Å². The monoisotopic (exact) mass is 482 g/mol. The zero-order chi connectivity index (χ0) is 18.2. The Hall–Kier alpha value is -1.16. The smallest absolute Gasteiger partial charge is 0.193 e. The third-order valence-corrected chi connectivity index (χ3v) is 4.55. The molecule has 1 unspecified atom stereocenters. The number of nitrogens with one attached hydrogen (secondary N) is 1. The first kappa shape index (κ1) is 22.9. The molecule has 0 spiro atoms. The largest absolute Gasteiger partial charge is 0.492 e. The van der Waals surface area contributed by atoms with E-state index in [1.807, 2.05) is 0 Å². The van der Waals surface area contributed by atoms with Gasteiger partial charge in [-0.15, -0.1) is 24.0 Å². The number of likely N-dealkylation sites (N-methyl/N-ethyl adjacent to an activating group) is 1. The van der Waals surface area contributed by atoms with Crippen LogP contribution in [0.2, 0.25) is 0 Å². The van der Waals surface area contributed by atoms with Crippen molar-refractivity contribution in [1.82, 2.24) is 15.1 Å². The Morgan fingerprint density at radius 3 is 2.65 bits per heavy atom. The molecule has 1 aromatic carbocycles. The molecular formula is C18H29F2IN4O. The van der Waals surface area contributed by atoms with Gasteiger partial charge in [0.05, 0.1) is 6.54 Å². The van der Waals surface area contributed by atoms with Gasteiger partial charge in [0.1, 0.15) is 12.4 Å². The summed E-state index contributed by atoms with van der Waals surface area (Å²) in [6.07, 6.45) is 1.13. The SMILES string of the molecule is CCN(CC)C1CCN(C(=NC)NCCOc2ccc(F)c(F)c2)C1.I. The topological polar surface area (TPSA) is 40.1 Å². The molecule has 1 saturated heterocycles. The van der Waals surface area contributed by atoms with Crippen LogP contribution in [0.25, 0.3) is 0 Å². The number of benzene rings is 1. The molecule has 0 aromatic heterocycles. The molecule has 8 heteroatoms. The number of hydrogen-bond acceptors (Lipinski definition) is 3. The van der Waals surface area contributed by atoms with Gasteiger partial charge in [-0.05, 0) is 31.6 Å². The van der Waals surface area contributed by atoms with Gasteiger partial charge in [-0.2, -0.15) is 0 Å². The molecule has 1 fully saturated rings. The second-order valence-corrected chi connectivity index (χ2v) is 6.01. The maximum atomic E-state index is 13.1. The van der Waals surface area contributed by atoms with Crippen molar-refractivity contribution in [2.75, 3.05) is 46.4 Å². The van der Waals surface area contributed by atoms with Gasteiger partial charge in [-0.1, -0.05) is 13.8 Å². The lowest BCUT2D eigenvalue weighted by atomic mass is 10.2. The summed E-state index contributed by atoms with van der Waals surface area (Å²) >= 11 is 0. The number of rotatable bonds is 7. The molecule has 1 aliphatic rings. The van der Waals surface area contributed by atoms with Crippen molar-refractivity contribution < 1.29 is 13.5 Å². The fourth-order valence-corrected chi connectivity index (χ4v) is 3.20. The highest BCUT2D eigenvalue weighted by atomic mass is 127. The van der Waals surface area contributed by atoms with Gasteiger partial charge in [0, 0.05) is 32.2 Å². The van der Waals surface area contributed by atoms with E-state index >= 15 is 0 Å². The van der Waals surface area contributed by atoms with Crippen molar-refractivity contribution in [3.05, 3.63) is 29.8 Å². The van der Waals surface area contributed by atoms with E-state index in [1.54, 1.807) is 7.05 Å². The number of nitrogens with zero attached hydrogens (tertiary/aromatic N) is 3. The van der Waals surface area contributed by atoms with Gasteiger partial charge in [-0.3, -0.25) is 9.89 Å². The molecular weight excluding hydrogens is 453 g/mol. The van der Waals surface area contributed by atoms with Gasteiger partial charge in [-0.25, -0.2) is 8.78 Å². The van der Waals surface area contributed by atoms with Crippen LogP contribution in [-0.4, -0.2) is 68.2 Å². The van der Waals surface area contributed by atoms with Gasteiger partial charge in [0.2, 0.25) is 0 Å². The second kappa shape index (κ2) is 11.5. The van der Waals surface area contributed by atoms with E-state index in [9.17, 15) is 8.78 Å². The van der Waals surface area contributed by atoms with Crippen LogP contribution in [0, 0.1) is 11.6 Å². The lowest BCUT2D eigenvalue weighted by Crippen LogP contribution is -2.44. The molecule has 148 valence electrons. The number of guanidine groups is 1. The summed E-state index contributed by atoms with van der Waals surface area (Å²) in [4.78, 5) is 9.06. The zero-order valence-electron chi connectivity index (χ0n) is 15.7. The summed E-state index contributed by atoms with van der Waals surface area (Å²) in [6, 6.07) is 4.10. The minimum absolute atomic E-state index is 0. The van der Waals surface area contributed by atoms with Gasteiger partial charge in [0.25, 0.3) is 0 Å². The van der Waals surface area contributed by atoms with E-state index in [1.165, 1.54) is 6.07 Å². The molecule has 1 N–H and O–H groups in total. The number of ether oxygens (including phenoxy) is 1. The Labute approximate surface area is 171 Å². The predicted octanol–water partition coefficient (Wildman–Crippen LogP) is 2.95. The summed E-state index contributed by atoms with van der Waals surface area (Å²) in [7, 11) is 1.77. The van der Waals surface area contributed by atoms with Crippen molar-refractivity contribution >= 4 is 29.9 Å². The molecule has 0 bridgehead atoms. The molecule has 2 rings (SSSR count). The fourth-order valence-electron chi connectivity index (χ4n) is 3.20. The van der Waals surface area contributed by atoms with E-state index < -0.39 is 11.6 Å². The molecule has 1 aromatic rings. The second-order valence-electron chi connectivity index (χ2n) is 6.01. The first-order chi connectivity index (χ1) is 12.1.